The van der Waals surface area contributed by atoms with Gasteiger partial charge in [0.05, 0.1) is 0 Å². The van der Waals surface area contributed by atoms with E-state index < -0.39 is 0 Å². The molecule has 1 atom stereocenters. The lowest BCUT2D eigenvalue weighted by Crippen LogP contribution is -1.88. The van der Waals surface area contributed by atoms with Gasteiger partial charge in [-0.1, -0.05) is 67.7 Å². The summed E-state index contributed by atoms with van der Waals surface area (Å²) in [6, 6.07) is 0. The van der Waals surface area contributed by atoms with Crippen LogP contribution in [0.15, 0.2) is 0 Å². The first kappa shape index (κ1) is 17.2. The van der Waals surface area contributed by atoms with Gasteiger partial charge in [0.25, 0.3) is 0 Å². The van der Waals surface area contributed by atoms with Gasteiger partial charge in [0.2, 0.25) is 0 Å². The van der Waals surface area contributed by atoms with Gasteiger partial charge < -0.3 is 0 Å². The quantitative estimate of drug-likeness (QED) is 0.551. The minimum atomic E-state index is 0.949. The molecule has 1 unspecified atom stereocenters. The lowest BCUT2D eigenvalue weighted by atomic mass is 10.0. The summed E-state index contributed by atoms with van der Waals surface area (Å²) in [5.41, 5.74) is 0. The minimum Gasteiger partial charge on any atom is -0.0683 e. The molecular formula is C11H28. The van der Waals surface area contributed by atoms with Crippen molar-refractivity contribution in [2.75, 3.05) is 0 Å². The van der Waals surface area contributed by atoms with Crippen LogP contribution in [0.4, 0.5) is 0 Å². The standard InChI is InChI=1S/C7H16.2C2H6/c1-4-6-7(3)5-2;2*1-2/h7H,4-6H2,1-3H3;2*1-2H3. The lowest BCUT2D eigenvalue weighted by Gasteiger charge is -2.02. The molecule has 0 fully saturated rings. The van der Waals surface area contributed by atoms with Crippen molar-refractivity contribution in [1.29, 1.82) is 0 Å². The molecular weight excluding hydrogens is 132 g/mol. The van der Waals surface area contributed by atoms with Crippen LogP contribution < -0.4 is 0 Å². The molecule has 0 nitrogen and oxygen atoms in total. The molecule has 0 aliphatic heterocycles. The summed E-state index contributed by atoms with van der Waals surface area (Å²) in [5, 5.41) is 0. The van der Waals surface area contributed by atoms with Crippen molar-refractivity contribution in [2.45, 2.75) is 67.7 Å². The predicted molar refractivity (Wildman–Crippen MR) is 57.1 cm³/mol. The zero-order chi connectivity index (χ0) is 9.70. The van der Waals surface area contributed by atoms with E-state index in [-0.39, 0.29) is 0 Å². The van der Waals surface area contributed by atoms with E-state index in [0.29, 0.717) is 0 Å². The number of hydrogen-bond acceptors (Lipinski definition) is 0. The fraction of sp³-hybridized carbons (Fsp3) is 1.00. The van der Waals surface area contributed by atoms with Crippen LogP contribution in [0.5, 0.6) is 0 Å². The fourth-order valence-corrected chi connectivity index (χ4v) is 0.697. The van der Waals surface area contributed by atoms with Gasteiger partial charge in [-0.15, -0.1) is 0 Å². The molecule has 0 bridgehead atoms. The Morgan fingerprint density at radius 1 is 0.909 bits per heavy atom. The summed E-state index contributed by atoms with van der Waals surface area (Å²) in [6.07, 6.45) is 4.08. The summed E-state index contributed by atoms with van der Waals surface area (Å²) in [6.45, 7) is 14.8. The Morgan fingerprint density at radius 2 is 1.27 bits per heavy atom. The maximum atomic E-state index is 2.31. The van der Waals surface area contributed by atoms with E-state index in [0.717, 1.165) is 5.92 Å². The van der Waals surface area contributed by atoms with E-state index in [4.69, 9.17) is 0 Å². The molecule has 0 aliphatic rings. The Labute approximate surface area is 74.4 Å². The summed E-state index contributed by atoms with van der Waals surface area (Å²) < 4.78 is 0. The second kappa shape index (κ2) is 22.5. The first-order chi connectivity index (χ1) is 5.31. The first-order valence-electron chi connectivity index (χ1n) is 5.31. The SMILES string of the molecule is CC.CC.CCCC(C)CC. The minimum absolute atomic E-state index is 0.949. The van der Waals surface area contributed by atoms with Crippen molar-refractivity contribution >= 4 is 0 Å². The molecule has 11 heavy (non-hydrogen) atoms. The molecule has 0 rings (SSSR count). The molecule has 0 aliphatic carbocycles. The predicted octanol–water partition coefficient (Wildman–Crippen LogP) is 4.89. The second-order valence-electron chi connectivity index (χ2n) is 2.30. The van der Waals surface area contributed by atoms with E-state index in [9.17, 15) is 0 Å². The summed E-state index contributed by atoms with van der Waals surface area (Å²) >= 11 is 0. The zero-order valence-electron chi connectivity index (χ0n) is 9.70. The highest BCUT2D eigenvalue weighted by atomic mass is 14.0. The van der Waals surface area contributed by atoms with Crippen molar-refractivity contribution in [3.8, 4) is 0 Å². The van der Waals surface area contributed by atoms with Gasteiger partial charge in [0, 0.05) is 0 Å². The monoisotopic (exact) mass is 160 g/mol. The normalized spacial score (nSPS) is 10.1. The Hall–Kier alpha value is 0. The largest absolute Gasteiger partial charge is 0.0683 e. The van der Waals surface area contributed by atoms with Gasteiger partial charge in [-0.05, 0) is 5.92 Å². The molecule has 0 aromatic heterocycles. The topological polar surface area (TPSA) is 0 Å². The highest BCUT2D eigenvalue weighted by Gasteiger charge is 1.92. The lowest BCUT2D eigenvalue weighted by molar-refractivity contribution is 0.509. The molecule has 0 radical (unpaired) electrons. The molecule has 0 heteroatoms. The van der Waals surface area contributed by atoms with Gasteiger partial charge in [0.15, 0.2) is 0 Å². The van der Waals surface area contributed by atoms with Crippen molar-refractivity contribution < 1.29 is 0 Å². The van der Waals surface area contributed by atoms with E-state index in [1.165, 1.54) is 19.3 Å². The summed E-state index contributed by atoms with van der Waals surface area (Å²) in [4.78, 5) is 0. The maximum Gasteiger partial charge on any atom is -0.0446 e. The van der Waals surface area contributed by atoms with Crippen LogP contribution in [0.3, 0.4) is 0 Å². The Kier molecular flexibility index (Phi) is 35.2. The van der Waals surface area contributed by atoms with Crippen molar-refractivity contribution in [2.24, 2.45) is 5.92 Å². The average molecular weight is 160 g/mol. The van der Waals surface area contributed by atoms with E-state index in [2.05, 4.69) is 20.8 Å². The highest BCUT2D eigenvalue weighted by Crippen LogP contribution is 2.07. The molecule has 0 saturated heterocycles. The third-order valence-corrected chi connectivity index (χ3v) is 1.48. The molecule has 0 amide bonds. The molecule has 72 valence electrons. The van der Waals surface area contributed by atoms with Gasteiger partial charge >= 0.3 is 0 Å². The fourth-order valence-electron chi connectivity index (χ4n) is 0.697. The smallest absolute Gasteiger partial charge is 0.0446 e. The second-order valence-corrected chi connectivity index (χ2v) is 2.30. The van der Waals surface area contributed by atoms with Crippen LogP contribution in [-0.2, 0) is 0 Å². The van der Waals surface area contributed by atoms with Crippen LogP contribution in [0.25, 0.3) is 0 Å². The highest BCUT2D eigenvalue weighted by molar-refractivity contribution is 4.45. The Balaban J connectivity index is -0.000000138. The van der Waals surface area contributed by atoms with Crippen LogP contribution in [0.1, 0.15) is 67.7 Å². The molecule has 0 spiro atoms. The Morgan fingerprint density at radius 3 is 1.36 bits per heavy atom. The molecule has 0 heterocycles. The van der Waals surface area contributed by atoms with Crippen LogP contribution in [0, 0.1) is 5.92 Å². The first-order valence-corrected chi connectivity index (χ1v) is 5.31. The van der Waals surface area contributed by atoms with Crippen molar-refractivity contribution in [1.82, 2.24) is 0 Å². The van der Waals surface area contributed by atoms with Crippen molar-refractivity contribution in [3.05, 3.63) is 0 Å². The van der Waals surface area contributed by atoms with Crippen LogP contribution in [-0.4, -0.2) is 0 Å². The van der Waals surface area contributed by atoms with Gasteiger partial charge in [-0.3, -0.25) is 0 Å². The molecule has 0 saturated carbocycles. The van der Waals surface area contributed by atoms with Gasteiger partial charge in [0.1, 0.15) is 0 Å². The third kappa shape index (κ3) is 25.6. The molecule has 0 aromatic carbocycles. The van der Waals surface area contributed by atoms with Crippen LogP contribution in [0.2, 0.25) is 0 Å². The molecule has 0 N–H and O–H groups in total. The summed E-state index contributed by atoms with van der Waals surface area (Å²) in [7, 11) is 0. The number of hydrogen-bond donors (Lipinski definition) is 0. The van der Waals surface area contributed by atoms with E-state index in [1.807, 2.05) is 27.7 Å². The Bertz CT molecular complexity index is 31.0. The van der Waals surface area contributed by atoms with E-state index in [1.54, 1.807) is 0 Å². The number of rotatable bonds is 3. The maximum absolute atomic E-state index is 2.31. The molecule has 0 aromatic rings. The average Bonchev–Trinajstić information content (AvgIpc) is 2.12. The summed E-state index contributed by atoms with van der Waals surface area (Å²) in [5.74, 6) is 0.949. The van der Waals surface area contributed by atoms with Crippen LogP contribution >= 0.6 is 0 Å². The van der Waals surface area contributed by atoms with Crippen molar-refractivity contribution in [3.63, 3.8) is 0 Å². The van der Waals surface area contributed by atoms with Gasteiger partial charge in [-0.25, -0.2) is 0 Å². The van der Waals surface area contributed by atoms with Gasteiger partial charge in [-0.2, -0.15) is 0 Å². The third-order valence-electron chi connectivity index (χ3n) is 1.48. The zero-order valence-corrected chi connectivity index (χ0v) is 9.70. The van der Waals surface area contributed by atoms with E-state index >= 15 is 0 Å².